The monoisotopic (exact) mass is 390 g/mol. The average Bonchev–Trinajstić information content (AvgIpc) is 2.74. The highest BCUT2D eigenvalue weighted by molar-refractivity contribution is 5.91. The molecule has 2 N–H and O–H groups in total. The standard InChI is InChI=1S/C24H26N2O3/c1-17-9-10-18(2)21(13-17)25-15-19-11-12-22(23(14-19)28-3)29-16-24(27)26-20-7-5-4-6-8-20/h4-14,25H,15-16H2,1-3H3,(H,26,27). The van der Waals surface area contributed by atoms with Crippen molar-refractivity contribution in [2.45, 2.75) is 20.4 Å². The van der Waals surface area contributed by atoms with Crippen molar-refractivity contribution in [3.8, 4) is 11.5 Å². The summed E-state index contributed by atoms with van der Waals surface area (Å²) in [5.74, 6) is 0.905. The van der Waals surface area contributed by atoms with Gasteiger partial charge in [-0.3, -0.25) is 4.79 Å². The number of methoxy groups -OCH3 is 1. The van der Waals surface area contributed by atoms with Crippen LogP contribution < -0.4 is 20.1 Å². The van der Waals surface area contributed by atoms with Crippen molar-refractivity contribution in [1.82, 2.24) is 0 Å². The molecule has 0 saturated heterocycles. The van der Waals surface area contributed by atoms with Crippen LogP contribution in [0.15, 0.2) is 66.7 Å². The van der Waals surface area contributed by atoms with Crippen LogP contribution >= 0.6 is 0 Å². The molecule has 0 aliphatic carbocycles. The van der Waals surface area contributed by atoms with Gasteiger partial charge in [-0.15, -0.1) is 0 Å². The van der Waals surface area contributed by atoms with Gasteiger partial charge in [-0.2, -0.15) is 0 Å². The van der Waals surface area contributed by atoms with Gasteiger partial charge in [0.15, 0.2) is 18.1 Å². The zero-order valence-corrected chi connectivity index (χ0v) is 17.0. The molecule has 150 valence electrons. The maximum absolute atomic E-state index is 12.1. The maximum Gasteiger partial charge on any atom is 0.262 e. The molecule has 0 spiro atoms. The first-order valence-electron chi connectivity index (χ1n) is 9.51. The Bertz CT molecular complexity index is 971. The van der Waals surface area contributed by atoms with Gasteiger partial charge in [0, 0.05) is 17.9 Å². The normalized spacial score (nSPS) is 10.3. The highest BCUT2D eigenvalue weighted by Crippen LogP contribution is 2.28. The van der Waals surface area contributed by atoms with Gasteiger partial charge in [0.2, 0.25) is 0 Å². The molecule has 0 aliphatic heterocycles. The van der Waals surface area contributed by atoms with Crippen molar-refractivity contribution in [1.29, 1.82) is 0 Å². The lowest BCUT2D eigenvalue weighted by atomic mass is 10.1. The van der Waals surface area contributed by atoms with Crippen molar-refractivity contribution >= 4 is 17.3 Å². The fourth-order valence-electron chi connectivity index (χ4n) is 2.93. The Morgan fingerprint density at radius 1 is 0.931 bits per heavy atom. The minimum Gasteiger partial charge on any atom is -0.493 e. The van der Waals surface area contributed by atoms with Crippen molar-refractivity contribution < 1.29 is 14.3 Å². The summed E-state index contributed by atoms with van der Waals surface area (Å²) < 4.78 is 11.1. The first-order chi connectivity index (χ1) is 14.0. The number of para-hydroxylation sites is 1. The van der Waals surface area contributed by atoms with E-state index in [4.69, 9.17) is 9.47 Å². The molecule has 5 heteroatoms. The van der Waals surface area contributed by atoms with Crippen LogP contribution in [0.4, 0.5) is 11.4 Å². The number of benzene rings is 3. The largest absolute Gasteiger partial charge is 0.493 e. The lowest BCUT2D eigenvalue weighted by molar-refractivity contribution is -0.118. The summed E-state index contributed by atoms with van der Waals surface area (Å²) in [5.41, 5.74) is 5.33. The molecular formula is C24H26N2O3. The first-order valence-corrected chi connectivity index (χ1v) is 9.51. The number of carbonyl (C=O) groups excluding carboxylic acids is 1. The number of hydrogen-bond donors (Lipinski definition) is 2. The van der Waals surface area contributed by atoms with Crippen LogP contribution in [-0.2, 0) is 11.3 Å². The van der Waals surface area contributed by atoms with Crippen molar-refractivity contribution in [3.05, 3.63) is 83.4 Å². The molecule has 29 heavy (non-hydrogen) atoms. The van der Waals surface area contributed by atoms with E-state index in [1.54, 1.807) is 7.11 Å². The topological polar surface area (TPSA) is 59.6 Å². The fraction of sp³-hybridized carbons (Fsp3) is 0.208. The quantitative estimate of drug-likeness (QED) is 0.572. The number of rotatable bonds is 8. The van der Waals surface area contributed by atoms with Crippen molar-refractivity contribution in [3.63, 3.8) is 0 Å². The maximum atomic E-state index is 12.1. The Morgan fingerprint density at radius 2 is 1.72 bits per heavy atom. The van der Waals surface area contributed by atoms with E-state index in [2.05, 4.69) is 42.7 Å². The van der Waals surface area contributed by atoms with Crippen LogP contribution in [0.25, 0.3) is 0 Å². The van der Waals surface area contributed by atoms with Gasteiger partial charge in [-0.1, -0.05) is 36.4 Å². The summed E-state index contributed by atoms with van der Waals surface area (Å²) in [7, 11) is 1.59. The molecule has 1 amide bonds. The Labute approximate surface area is 171 Å². The fourth-order valence-corrected chi connectivity index (χ4v) is 2.93. The Hall–Kier alpha value is -3.47. The van der Waals surface area contributed by atoms with Gasteiger partial charge in [-0.25, -0.2) is 0 Å². The molecule has 3 rings (SSSR count). The zero-order valence-electron chi connectivity index (χ0n) is 17.0. The number of ether oxygens (including phenoxy) is 2. The van der Waals surface area contributed by atoms with Crippen LogP contribution in [0.2, 0.25) is 0 Å². The Kier molecular flexibility index (Phi) is 6.74. The van der Waals surface area contributed by atoms with E-state index in [0.29, 0.717) is 18.0 Å². The lowest BCUT2D eigenvalue weighted by Gasteiger charge is -2.14. The molecule has 3 aromatic rings. The summed E-state index contributed by atoms with van der Waals surface area (Å²) in [5, 5.41) is 6.25. The second-order valence-corrected chi connectivity index (χ2v) is 6.86. The van der Waals surface area contributed by atoms with Crippen LogP contribution in [0.3, 0.4) is 0 Å². The number of anilines is 2. The number of amides is 1. The first kappa shape index (κ1) is 20.3. The third kappa shape index (κ3) is 5.75. The molecule has 3 aromatic carbocycles. The molecule has 0 saturated carbocycles. The van der Waals surface area contributed by atoms with Crippen LogP contribution in [0, 0.1) is 13.8 Å². The molecule has 0 heterocycles. The highest BCUT2D eigenvalue weighted by Gasteiger charge is 2.09. The zero-order chi connectivity index (χ0) is 20.6. The van der Waals surface area contributed by atoms with E-state index in [-0.39, 0.29) is 12.5 Å². The predicted octanol–water partition coefficient (Wildman–Crippen LogP) is 4.94. The third-order valence-corrected chi connectivity index (χ3v) is 4.52. The van der Waals surface area contributed by atoms with Crippen LogP contribution in [-0.4, -0.2) is 19.6 Å². The number of aryl methyl sites for hydroxylation is 2. The van der Waals surface area contributed by atoms with Gasteiger partial charge in [-0.05, 0) is 60.9 Å². The summed E-state index contributed by atoms with van der Waals surface area (Å²) in [6, 6.07) is 21.3. The van der Waals surface area contributed by atoms with Gasteiger partial charge in [0.1, 0.15) is 0 Å². The van der Waals surface area contributed by atoms with Gasteiger partial charge >= 0.3 is 0 Å². The van der Waals surface area contributed by atoms with Gasteiger partial charge in [0.05, 0.1) is 7.11 Å². The minimum atomic E-state index is -0.223. The molecule has 5 nitrogen and oxygen atoms in total. The average molecular weight is 390 g/mol. The summed E-state index contributed by atoms with van der Waals surface area (Å²) >= 11 is 0. The molecule has 0 bridgehead atoms. The van der Waals surface area contributed by atoms with Crippen LogP contribution in [0.1, 0.15) is 16.7 Å². The molecule has 0 aliphatic rings. The van der Waals surface area contributed by atoms with Crippen LogP contribution in [0.5, 0.6) is 11.5 Å². The van der Waals surface area contributed by atoms with Gasteiger partial charge < -0.3 is 20.1 Å². The predicted molar refractivity (Wildman–Crippen MR) is 117 cm³/mol. The van der Waals surface area contributed by atoms with E-state index in [0.717, 1.165) is 16.9 Å². The summed E-state index contributed by atoms with van der Waals surface area (Å²) in [6.07, 6.45) is 0. The second-order valence-electron chi connectivity index (χ2n) is 6.86. The Balaban J connectivity index is 1.59. The number of hydrogen-bond acceptors (Lipinski definition) is 4. The molecular weight excluding hydrogens is 364 g/mol. The number of carbonyl (C=O) groups is 1. The number of nitrogens with one attached hydrogen (secondary N) is 2. The van der Waals surface area contributed by atoms with E-state index in [1.165, 1.54) is 11.1 Å². The highest BCUT2D eigenvalue weighted by atomic mass is 16.5. The molecule has 0 unspecified atom stereocenters. The second kappa shape index (κ2) is 9.64. The molecule has 0 fully saturated rings. The smallest absolute Gasteiger partial charge is 0.262 e. The minimum absolute atomic E-state index is 0.0919. The molecule has 0 atom stereocenters. The van der Waals surface area contributed by atoms with Crippen molar-refractivity contribution in [2.24, 2.45) is 0 Å². The lowest BCUT2D eigenvalue weighted by Crippen LogP contribution is -2.20. The molecule has 0 aromatic heterocycles. The van der Waals surface area contributed by atoms with E-state index < -0.39 is 0 Å². The molecule has 0 radical (unpaired) electrons. The Morgan fingerprint density at radius 3 is 2.48 bits per heavy atom. The third-order valence-electron chi connectivity index (χ3n) is 4.52. The van der Waals surface area contributed by atoms with Gasteiger partial charge in [0.25, 0.3) is 5.91 Å². The van der Waals surface area contributed by atoms with E-state index in [9.17, 15) is 4.79 Å². The summed E-state index contributed by atoms with van der Waals surface area (Å²) in [4.78, 5) is 12.1. The van der Waals surface area contributed by atoms with E-state index >= 15 is 0 Å². The van der Waals surface area contributed by atoms with Crippen molar-refractivity contribution in [2.75, 3.05) is 24.4 Å². The SMILES string of the molecule is COc1cc(CNc2cc(C)ccc2C)ccc1OCC(=O)Nc1ccccc1. The van der Waals surface area contributed by atoms with E-state index in [1.807, 2.05) is 48.5 Å². The summed E-state index contributed by atoms with van der Waals surface area (Å²) in [6.45, 7) is 4.73.